The SMILES string of the molecule is COCCN(C)CC(=O)N1CCC[C@]2(CCC(=O)N(Cc3ccncc3)C2)C1. The molecule has 7 heteroatoms. The normalized spacial score (nSPS) is 22.9. The van der Waals surface area contributed by atoms with Crippen LogP contribution in [0.5, 0.6) is 0 Å². The second-order valence-corrected chi connectivity index (χ2v) is 8.25. The minimum absolute atomic E-state index is 0.0277. The van der Waals surface area contributed by atoms with E-state index < -0.39 is 0 Å². The Morgan fingerprint density at radius 2 is 2.07 bits per heavy atom. The highest BCUT2D eigenvalue weighted by Crippen LogP contribution is 2.39. The summed E-state index contributed by atoms with van der Waals surface area (Å²) in [4.78, 5) is 35.3. The molecule has 0 bridgehead atoms. The number of likely N-dealkylation sites (N-methyl/N-ethyl adjacent to an activating group) is 1. The van der Waals surface area contributed by atoms with E-state index in [4.69, 9.17) is 4.74 Å². The van der Waals surface area contributed by atoms with Crippen molar-refractivity contribution in [2.24, 2.45) is 5.41 Å². The van der Waals surface area contributed by atoms with Crippen LogP contribution in [0.1, 0.15) is 31.2 Å². The van der Waals surface area contributed by atoms with Gasteiger partial charge in [0, 0.05) is 64.1 Å². The van der Waals surface area contributed by atoms with E-state index in [9.17, 15) is 9.59 Å². The first-order valence-corrected chi connectivity index (χ1v) is 10.1. The number of hydrogen-bond acceptors (Lipinski definition) is 5. The van der Waals surface area contributed by atoms with Crippen molar-refractivity contribution in [1.29, 1.82) is 0 Å². The molecule has 0 saturated carbocycles. The topological polar surface area (TPSA) is 66.0 Å². The molecular formula is C21H32N4O3. The van der Waals surface area contributed by atoms with Gasteiger partial charge in [-0.05, 0) is 44.0 Å². The minimum atomic E-state index is 0.0277. The number of ether oxygens (including phenoxy) is 1. The smallest absolute Gasteiger partial charge is 0.236 e. The number of aromatic nitrogens is 1. The molecule has 0 radical (unpaired) electrons. The van der Waals surface area contributed by atoms with Gasteiger partial charge < -0.3 is 14.5 Å². The number of rotatable bonds is 7. The monoisotopic (exact) mass is 388 g/mol. The number of pyridine rings is 1. The Labute approximate surface area is 167 Å². The summed E-state index contributed by atoms with van der Waals surface area (Å²) < 4.78 is 5.09. The Kier molecular flexibility index (Phi) is 7.02. The summed E-state index contributed by atoms with van der Waals surface area (Å²) in [6.07, 6.45) is 7.06. The summed E-state index contributed by atoms with van der Waals surface area (Å²) in [6.45, 7) is 4.71. The number of carbonyl (C=O) groups is 2. The van der Waals surface area contributed by atoms with Gasteiger partial charge in [-0.3, -0.25) is 19.5 Å². The first-order chi connectivity index (χ1) is 13.5. The van der Waals surface area contributed by atoms with Crippen LogP contribution in [0.15, 0.2) is 24.5 Å². The molecule has 0 unspecified atom stereocenters. The van der Waals surface area contributed by atoms with E-state index in [-0.39, 0.29) is 17.2 Å². The number of likely N-dealkylation sites (tertiary alicyclic amines) is 2. The van der Waals surface area contributed by atoms with Crippen molar-refractivity contribution in [2.75, 3.05) is 53.5 Å². The summed E-state index contributed by atoms with van der Waals surface area (Å²) in [6, 6.07) is 3.92. The molecule has 1 aromatic heterocycles. The predicted octanol–water partition coefficient (Wildman–Crippen LogP) is 1.39. The Balaban J connectivity index is 1.61. The largest absolute Gasteiger partial charge is 0.383 e. The summed E-state index contributed by atoms with van der Waals surface area (Å²) in [5, 5.41) is 0. The van der Waals surface area contributed by atoms with E-state index in [0.29, 0.717) is 26.1 Å². The molecule has 2 fully saturated rings. The molecule has 0 aromatic carbocycles. The Morgan fingerprint density at radius 3 is 2.82 bits per heavy atom. The molecule has 0 aliphatic carbocycles. The number of carbonyl (C=O) groups excluding carboxylic acids is 2. The van der Waals surface area contributed by atoms with E-state index >= 15 is 0 Å². The van der Waals surface area contributed by atoms with Crippen LogP contribution in [0.4, 0.5) is 0 Å². The van der Waals surface area contributed by atoms with Gasteiger partial charge in [-0.15, -0.1) is 0 Å². The molecule has 1 spiro atoms. The van der Waals surface area contributed by atoms with E-state index in [1.807, 2.05) is 33.9 Å². The maximum absolute atomic E-state index is 12.8. The Bertz CT molecular complexity index is 669. The third-order valence-electron chi connectivity index (χ3n) is 5.97. The van der Waals surface area contributed by atoms with Crippen molar-refractivity contribution in [3.63, 3.8) is 0 Å². The van der Waals surface area contributed by atoms with Gasteiger partial charge in [0.2, 0.25) is 11.8 Å². The molecule has 28 heavy (non-hydrogen) atoms. The highest BCUT2D eigenvalue weighted by molar-refractivity contribution is 5.79. The van der Waals surface area contributed by atoms with Crippen molar-refractivity contribution in [3.05, 3.63) is 30.1 Å². The molecule has 2 amide bonds. The molecule has 1 aromatic rings. The summed E-state index contributed by atoms with van der Waals surface area (Å²) in [5.41, 5.74) is 1.13. The number of piperidine rings is 2. The quantitative estimate of drug-likeness (QED) is 0.706. The maximum Gasteiger partial charge on any atom is 0.236 e. The zero-order valence-corrected chi connectivity index (χ0v) is 17.1. The maximum atomic E-state index is 12.8. The molecule has 0 N–H and O–H groups in total. The van der Waals surface area contributed by atoms with E-state index in [2.05, 4.69) is 4.98 Å². The van der Waals surface area contributed by atoms with Crippen LogP contribution in [0.25, 0.3) is 0 Å². The average molecular weight is 389 g/mol. The fourth-order valence-electron chi connectivity index (χ4n) is 4.37. The van der Waals surface area contributed by atoms with Gasteiger partial charge in [0.1, 0.15) is 0 Å². The van der Waals surface area contributed by atoms with Crippen molar-refractivity contribution < 1.29 is 14.3 Å². The number of hydrogen-bond donors (Lipinski definition) is 0. The van der Waals surface area contributed by atoms with Gasteiger partial charge >= 0.3 is 0 Å². The van der Waals surface area contributed by atoms with Crippen molar-refractivity contribution in [1.82, 2.24) is 19.7 Å². The lowest BCUT2D eigenvalue weighted by molar-refractivity contribution is -0.144. The highest BCUT2D eigenvalue weighted by atomic mass is 16.5. The van der Waals surface area contributed by atoms with Crippen molar-refractivity contribution in [2.45, 2.75) is 32.2 Å². The van der Waals surface area contributed by atoms with Crippen molar-refractivity contribution >= 4 is 11.8 Å². The zero-order chi connectivity index (χ0) is 20.0. The van der Waals surface area contributed by atoms with E-state index in [0.717, 1.165) is 51.0 Å². The van der Waals surface area contributed by atoms with Crippen LogP contribution < -0.4 is 0 Å². The third kappa shape index (κ3) is 5.29. The van der Waals surface area contributed by atoms with Crippen LogP contribution >= 0.6 is 0 Å². The molecule has 2 aliphatic heterocycles. The van der Waals surface area contributed by atoms with Gasteiger partial charge in [-0.2, -0.15) is 0 Å². The van der Waals surface area contributed by atoms with Crippen LogP contribution in [-0.2, 0) is 20.9 Å². The highest BCUT2D eigenvalue weighted by Gasteiger charge is 2.42. The predicted molar refractivity (Wildman–Crippen MR) is 107 cm³/mol. The number of amides is 2. The zero-order valence-electron chi connectivity index (χ0n) is 17.1. The average Bonchev–Trinajstić information content (AvgIpc) is 2.70. The molecule has 3 rings (SSSR count). The lowest BCUT2D eigenvalue weighted by Gasteiger charge is -2.48. The lowest BCUT2D eigenvalue weighted by atomic mass is 9.73. The fraction of sp³-hybridized carbons (Fsp3) is 0.667. The molecule has 154 valence electrons. The first-order valence-electron chi connectivity index (χ1n) is 10.1. The van der Waals surface area contributed by atoms with Crippen LogP contribution in [-0.4, -0.2) is 85.0 Å². The van der Waals surface area contributed by atoms with Gasteiger partial charge in [0.05, 0.1) is 13.2 Å². The lowest BCUT2D eigenvalue weighted by Crippen LogP contribution is -2.55. The van der Waals surface area contributed by atoms with E-state index in [1.165, 1.54) is 0 Å². The van der Waals surface area contributed by atoms with Crippen LogP contribution in [0.3, 0.4) is 0 Å². The van der Waals surface area contributed by atoms with Gasteiger partial charge in [0.25, 0.3) is 0 Å². The second-order valence-electron chi connectivity index (χ2n) is 8.25. The molecule has 7 nitrogen and oxygen atoms in total. The van der Waals surface area contributed by atoms with Crippen molar-refractivity contribution in [3.8, 4) is 0 Å². The Morgan fingerprint density at radius 1 is 1.29 bits per heavy atom. The first kappa shape index (κ1) is 20.7. The van der Waals surface area contributed by atoms with Gasteiger partial charge in [-0.25, -0.2) is 0 Å². The van der Waals surface area contributed by atoms with Gasteiger partial charge in [0.15, 0.2) is 0 Å². The van der Waals surface area contributed by atoms with Crippen LogP contribution in [0, 0.1) is 5.41 Å². The second kappa shape index (κ2) is 9.47. The number of nitrogens with zero attached hydrogens (tertiary/aromatic N) is 4. The minimum Gasteiger partial charge on any atom is -0.383 e. The number of methoxy groups -OCH3 is 1. The molecular weight excluding hydrogens is 356 g/mol. The molecule has 3 heterocycles. The summed E-state index contributed by atoms with van der Waals surface area (Å²) in [5.74, 6) is 0.389. The van der Waals surface area contributed by atoms with E-state index in [1.54, 1.807) is 19.5 Å². The van der Waals surface area contributed by atoms with Crippen LogP contribution in [0.2, 0.25) is 0 Å². The third-order valence-corrected chi connectivity index (χ3v) is 5.97. The standard InChI is InChI=1S/C21H32N4O3/c1-23(12-13-28-2)15-20(27)24-11-3-7-21(16-24)8-4-19(26)25(17-21)14-18-5-9-22-10-6-18/h5-6,9-10H,3-4,7-8,11-17H2,1-2H3/t21-/m0/s1. The Hall–Kier alpha value is -1.99. The molecule has 1 atom stereocenters. The molecule has 2 aliphatic rings. The fourth-order valence-corrected chi connectivity index (χ4v) is 4.37. The van der Waals surface area contributed by atoms with Gasteiger partial charge in [-0.1, -0.05) is 0 Å². The summed E-state index contributed by atoms with van der Waals surface area (Å²) >= 11 is 0. The summed E-state index contributed by atoms with van der Waals surface area (Å²) in [7, 11) is 3.62. The molecule has 2 saturated heterocycles.